The lowest BCUT2D eigenvalue weighted by Crippen LogP contribution is -2.03. The van der Waals surface area contributed by atoms with Crippen molar-refractivity contribution in [3.63, 3.8) is 0 Å². The van der Waals surface area contributed by atoms with Crippen molar-refractivity contribution in [1.29, 1.82) is 0 Å². The Morgan fingerprint density at radius 1 is 1.46 bits per heavy atom. The van der Waals surface area contributed by atoms with Crippen LogP contribution in [0.4, 0.5) is 0 Å². The molecule has 1 unspecified atom stereocenters. The molecular formula is C11H15NO. The Kier molecular flexibility index (Phi) is 2.48. The van der Waals surface area contributed by atoms with Crippen molar-refractivity contribution in [2.45, 2.75) is 31.7 Å². The summed E-state index contributed by atoms with van der Waals surface area (Å²) in [6.45, 7) is 0. The second kappa shape index (κ2) is 3.77. The van der Waals surface area contributed by atoms with E-state index < -0.39 is 0 Å². The number of rotatable bonds is 1. The van der Waals surface area contributed by atoms with Crippen LogP contribution in [-0.4, -0.2) is 19.0 Å². The fourth-order valence-corrected chi connectivity index (χ4v) is 1.84. The summed E-state index contributed by atoms with van der Waals surface area (Å²) < 4.78 is 5.13. The van der Waals surface area contributed by atoms with Gasteiger partial charge in [-0.25, -0.2) is 4.99 Å². The number of nitrogens with zero attached hydrogens (tertiary/aromatic N) is 1. The summed E-state index contributed by atoms with van der Waals surface area (Å²) in [6, 6.07) is 0.367. The van der Waals surface area contributed by atoms with Crippen molar-refractivity contribution < 1.29 is 4.74 Å². The van der Waals surface area contributed by atoms with Gasteiger partial charge in [0, 0.05) is 6.42 Å². The Hall–Kier alpha value is -1.05. The second-order valence-electron chi connectivity index (χ2n) is 3.47. The maximum atomic E-state index is 5.13. The van der Waals surface area contributed by atoms with Gasteiger partial charge in [-0.2, -0.15) is 0 Å². The summed E-state index contributed by atoms with van der Waals surface area (Å²) >= 11 is 0. The lowest BCUT2D eigenvalue weighted by Gasteiger charge is -2.10. The fraction of sp³-hybridized carbons (Fsp3) is 0.545. The van der Waals surface area contributed by atoms with Gasteiger partial charge in [0.05, 0.1) is 13.2 Å². The highest BCUT2D eigenvalue weighted by Crippen LogP contribution is 2.24. The van der Waals surface area contributed by atoms with Gasteiger partial charge in [0.25, 0.3) is 0 Å². The van der Waals surface area contributed by atoms with Gasteiger partial charge in [0.15, 0.2) is 5.90 Å². The number of methoxy groups -OCH3 is 1. The first-order valence-corrected chi connectivity index (χ1v) is 4.87. The lowest BCUT2D eigenvalue weighted by molar-refractivity contribution is 0.395. The third kappa shape index (κ3) is 1.82. The van der Waals surface area contributed by atoms with Crippen molar-refractivity contribution in [3.05, 3.63) is 23.8 Å². The standard InChI is InChI=1S/C11H15NO/c1-13-11-8-7-10(12-11)9-5-3-2-4-6-9/h3,5-6,10H,2,4,7-8H2,1H3. The summed E-state index contributed by atoms with van der Waals surface area (Å²) in [7, 11) is 1.70. The Balaban J connectivity index is 2.06. The van der Waals surface area contributed by atoms with Gasteiger partial charge in [-0.1, -0.05) is 18.2 Å². The van der Waals surface area contributed by atoms with Crippen molar-refractivity contribution in [2.75, 3.05) is 7.11 Å². The van der Waals surface area contributed by atoms with Gasteiger partial charge >= 0.3 is 0 Å². The monoisotopic (exact) mass is 177 g/mol. The Labute approximate surface area is 79.0 Å². The van der Waals surface area contributed by atoms with Crippen LogP contribution in [0.2, 0.25) is 0 Å². The average Bonchev–Trinajstić information content (AvgIpc) is 2.67. The second-order valence-corrected chi connectivity index (χ2v) is 3.47. The van der Waals surface area contributed by atoms with Crippen molar-refractivity contribution >= 4 is 5.90 Å². The van der Waals surface area contributed by atoms with E-state index in [1.165, 1.54) is 18.4 Å². The third-order valence-corrected chi connectivity index (χ3v) is 2.58. The SMILES string of the molecule is COC1=NC(C2=CCCC=C2)CC1. The number of hydrogen-bond donors (Lipinski definition) is 0. The molecule has 0 amide bonds. The quantitative estimate of drug-likeness (QED) is 0.603. The van der Waals surface area contributed by atoms with Gasteiger partial charge in [0.2, 0.25) is 0 Å². The average molecular weight is 177 g/mol. The summed E-state index contributed by atoms with van der Waals surface area (Å²) in [6.07, 6.45) is 11.2. The normalized spacial score (nSPS) is 27.0. The Morgan fingerprint density at radius 2 is 2.38 bits per heavy atom. The van der Waals surface area contributed by atoms with E-state index in [0.717, 1.165) is 18.7 Å². The first-order chi connectivity index (χ1) is 6.40. The molecule has 0 spiro atoms. The van der Waals surface area contributed by atoms with Crippen LogP contribution in [-0.2, 0) is 4.74 Å². The minimum atomic E-state index is 0.367. The molecule has 1 heterocycles. The van der Waals surface area contributed by atoms with Gasteiger partial charge in [-0.05, 0) is 24.8 Å². The highest BCUT2D eigenvalue weighted by molar-refractivity contribution is 5.78. The van der Waals surface area contributed by atoms with E-state index >= 15 is 0 Å². The molecule has 13 heavy (non-hydrogen) atoms. The maximum absolute atomic E-state index is 5.13. The topological polar surface area (TPSA) is 21.6 Å². The van der Waals surface area contributed by atoms with E-state index in [2.05, 4.69) is 23.2 Å². The predicted molar refractivity (Wildman–Crippen MR) is 53.9 cm³/mol. The molecule has 0 bridgehead atoms. The summed E-state index contributed by atoms with van der Waals surface area (Å²) in [5.41, 5.74) is 1.37. The fourth-order valence-electron chi connectivity index (χ4n) is 1.84. The molecule has 0 saturated heterocycles. The molecule has 2 rings (SSSR count). The molecule has 0 radical (unpaired) electrons. The van der Waals surface area contributed by atoms with Crippen LogP contribution in [0, 0.1) is 0 Å². The van der Waals surface area contributed by atoms with Crippen LogP contribution >= 0.6 is 0 Å². The molecular weight excluding hydrogens is 162 g/mol. The van der Waals surface area contributed by atoms with E-state index in [1.807, 2.05) is 0 Å². The van der Waals surface area contributed by atoms with E-state index in [4.69, 9.17) is 4.74 Å². The van der Waals surface area contributed by atoms with E-state index in [-0.39, 0.29) is 0 Å². The van der Waals surface area contributed by atoms with Gasteiger partial charge < -0.3 is 4.74 Å². The third-order valence-electron chi connectivity index (χ3n) is 2.58. The number of hydrogen-bond acceptors (Lipinski definition) is 2. The number of ether oxygens (including phenoxy) is 1. The molecule has 2 heteroatoms. The Morgan fingerprint density at radius 3 is 3.00 bits per heavy atom. The van der Waals surface area contributed by atoms with Crippen LogP contribution in [0.3, 0.4) is 0 Å². The van der Waals surface area contributed by atoms with E-state index in [0.29, 0.717) is 6.04 Å². The molecule has 0 N–H and O–H groups in total. The minimum absolute atomic E-state index is 0.367. The maximum Gasteiger partial charge on any atom is 0.183 e. The zero-order valence-corrected chi connectivity index (χ0v) is 7.99. The highest BCUT2D eigenvalue weighted by atomic mass is 16.5. The van der Waals surface area contributed by atoms with E-state index in [1.54, 1.807) is 7.11 Å². The van der Waals surface area contributed by atoms with Crippen LogP contribution in [0.25, 0.3) is 0 Å². The minimum Gasteiger partial charge on any atom is -0.484 e. The molecule has 2 aliphatic rings. The predicted octanol–water partition coefficient (Wildman–Crippen LogP) is 2.47. The van der Waals surface area contributed by atoms with Gasteiger partial charge in [-0.3, -0.25) is 0 Å². The molecule has 0 fully saturated rings. The van der Waals surface area contributed by atoms with Gasteiger partial charge in [0.1, 0.15) is 0 Å². The van der Waals surface area contributed by atoms with Crippen molar-refractivity contribution in [2.24, 2.45) is 4.99 Å². The largest absolute Gasteiger partial charge is 0.484 e. The van der Waals surface area contributed by atoms with Crippen LogP contribution in [0.1, 0.15) is 25.7 Å². The molecule has 70 valence electrons. The van der Waals surface area contributed by atoms with E-state index in [9.17, 15) is 0 Å². The number of aliphatic imine (C=N–C) groups is 1. The smallest absolute Gasteiger partial charge is 0.183 e. The molecule has 0 aromatic rings. The summed E-state index contributed by atoms with van der Waals surface area (Å²) in [5.74, 6) is 0.907. The number of allylic oxidation sites excluding steroid dienone is 2. The van der Waals surface area contributed by atoms with Crippen LogP contribution in [0.15, 0.2) is 28.8 Å². The molecule has 1 aliphatic carbocycles. The van der Waals surface area contributed by atoms with Gasteiger partial charge in [-0.15, -0.1) is 0 Å². The van der Waals surface area contributed by atoms with Crippen LogP contribution < -0.4 is 0 Å². The zero-order chi connectivity index (χ0) is 9.10. The van der Waals surface area contributed by atoms with Crippen molar-refractivity contribution in [3.8, 4) is 0 Å². The van der Waals surface area contributed by atoms with Crippen LogP contribution in [0.5, 0.6) is 0 Å². The summed E-state index contributed by atoms with van der Waals surface area (Å²) in [4.78, 5) is 4.51. The highest BCUT2D eigenvalue weighted by Gasteiger charge is 2.20. The molecule has 2 nitrogen and oxygen atoms in total. The molecule has 0 saturated carbocycles. The molecule has 1 aliphatic heterocycles. The first kappa shape index (κ1) is 8.54. The molecule has 1 atom stereocenters. The lowest BCUT2D eigenvalue weighted by atomic mass is 9.99. The molecule has 0 aromatic heterocycles. The van der Waals surface area contributed by atoms with Crippen molar-refractivity contribution in [1.82, 2.24) is 0 Å². The zero-order valence-electron chi connectivity index (χ0n) is 7.99. The molecule has 0 aromatic carbocycles. The first-order valence-electron chi connectivity index (χ1n) is 4.87. The Bertz CT molecular complexity index is 276. The summed E-state index contributed by atoms with van der Waals surface area (Å²) in [5, 5.41) is 0.